The second-order valence-corrected chi connectivity index (χ2v) is 8.18. The summed E-state index contributed by atoms with van der Waals surface area (Å²) < 4.78 is 0. The number of hydrogen-bond donors (Lipinski definition) is 3. The monoisotopic (exact) mass is 405 g/mol. The first kappa shape index (κ1) is 19.7. The average molecular weight is 406 g/mol. The van der Waals surface area contributed by atoms with Crippen molar-refractivity contribution in [2.24, 2.45) is 0 Å². The van der Waals surface area contributed by atoms with E-state index >= 15 is 0 Å². The van der Waals surface area contributed by atoms with Gasteiger partial charge < -0.3 is 16.0 Å². The van der Waals surface area contributed by atoms with Crippen molar-refractivity contribution in [3.8, 4) is 0 Å². The largest absolute Gasteiger partial charge is 0.351 e. The van der Waals surface area contributed by atoms with E-state index in [1.54, 1.807) is 17.4 Å². The number of halogens is 1. The molecule has 144 valence electrons. The fourth-order valence-electron chi connectivity index (χ4n) is 3.34. The maximum atomic E-state index is 12.3. The molecule has 0 aliphatic heterocycles. The number of carbonyl (C=O) groups excluding carboxylic acids is 2. The highest BCUT2D eigenvalue weighted by atomic mass is 35.5. The van der Waals surface area contributed by atoms with Gasteiger partial charge in [-0.2, -0.15) is 0 Å². The minimum atomic E-state index is -0.237. The van der Waals surface area contributed by atoms with Crippen molar-refractivity contribution in [2.75, 3.05) is 0 Å². The Balaban J connectivity index is 1.49. The zero-order chi connectivity index (χ0) is 19.1. The summed E-state index contributed by atoms with van der Waals surface area (Å²) in [5, 5.41) is 11.6. The van der Waals surface area contributed by atoms with Crippen LogP contribution in [0.25, 0.3) is 0 Å². The van der Waals surface area contributed by atoms with E-state index < -0.39 is 0 Å². The van der Waals surface area contributed by atoms with E-state index in [1.807, 2.05) is 35.7 Å². The van der Waals surface area contributed by atoms with E-state index in [0.29, 0.717) is 18.0 Å². The number of rotatable bonds is 6. The van der Waals surface area contributed by atoms with Gasteiger partial charge in [0, 0.05) is 22.5 Å². The molecule has 0 saturated heterocycles. The van der Waals surface area contributed by atoms with Crippen molar-refractivity contribution in [3.05, 3.63) is 57.2 Å². The van der Waals surface area contributed by atoms with E-state index in [2.05, 4.69) is 16.0 Å². The molecule has 2 unspecified atom stereocenters. The molecular formula is C20H24ClN3O2S. The second-order valence-electron chi connectivity index (χ2n) is 6.74. The molecule has 2 aromatic rings. The molecule has 7 heteroatoms. The van der Waals surface area contributed by atoms with Gasteiger partial charge in [-0.15, -0.1) is 11.3 Å². The number of amides is 3. The number of thiophene rings is 1. The van der Waals surface area contributed by atoms with Crippen LogP contribution in [-0.4, -0.2) is 24.0 Å². The van der Waals surface area contributed by atoms with E-state index in [0.717, 1.165) is 36.1 Å². The molecule has 1 heterocycles. The smallest absolute Gasteiger partial charge is 0.315 e. The predicted molar refractivity (Wildman–Crippen MR) is 109 cm³/mol. The van der Waals surface area contributed by atoms with E-state index in [1.165, 1.54) is 0 Å². The van der Waals surface area contributed by atoms with Crippen molar-refractivity contribution < 1.29 is 9.59 Å². The molecule has 3 amide bonds. The Hall–Kier alpha value is -2.05. The highest BCUT2D eigenvalue weighted by Crippen LogP contribution is 2.19. The van der Waals surface area contributed by atoms with Crippen LogP contribution in [0.15, 0.2) is 41.8 Å². The first-order chi connectivity index (χ1) is 13.1. The molecule has 1 saturated carbocycles. The minimum Gasteiger partial charge on any atom is -0.351 e. The number of carbonyl (C=O) groups is 2. The molecule has 5 nitrogen and oxygen atoms in total. The second kappa shape index (κ2) is 9.76. The van der Waals surface area contributed by atoms with Gasteiger partial charge in [-0.05, 0) is 35.9 Å². The summed E-state index contributed by atoms with van der Waals surface area (Å²) >= 11 is 7.70. The molecule has 1 aromatic carbocycles. The molecule has 0 spiro atoms. The van der Waals surface area contributed by atoms with Gasteiger partial charge >= 0.3 is 6.03 Å². The molecular weight excluding hydrogens is 382 g/mol. The molecule has 3 rings (SSSR count). The Morgan fingerprint density at radius 3 is 2.48 bits per heavy atom. The molecule has 2 atom stereocenters. The van der Waals surface area contributed by atoms with Crippen molar-refractivity contribution in [1.82, 2.24) is 16.0 Å². The fraction of sp³-hybridized carbons (Fsp3) is 0.400. The normalized spacial score (nSPS) is 19.3. The molecule has 27 heavy (non-hydrogen) atoms. The summed E-state index contributed by atoms with van der Waals surface area (Å²) in [6, 6.07) is 11.0. The van der Waals surface area contributed by atoms with E-state index in [4.69, 9.17) is 11.6 Å². The zero-order valence-electron chi connectivity index (χ0n) is 15.0. The highest BCUT2D eigenvalue weighted by molar-refractivity contribution is 7.10. The standard InChI is InChI=1S/C20H24ClN3O2S/c21-16-8-2-1-6-14(16)13-22-20(26)24-18-10-4-3-9-17(18)23-19(25)12-15-7-5-11-27-15/h1-2,5-8,11,17-18H,3-4,9-10,12-13H2,(H,23,25)(H2,22,24,26). The van der Waals surface area contributed by atoms with E-state index in [-0.39, 0.29) is 24.0 Å². The van der Waals surface area contributed by atoms with Crippen LogP contribution in [0.3, 0.4) is 0 Å². The third-order valence-corrected chi connectivity index (χ3v) is 5.99. The number of nitrogens with one attached hydrogen (secondary N) is 3. The lowest BCUT2D eigenvalue weighted by atomic mass is 9.90. The molecule has 3 N–H and O–H groups in total. The van der Waals surface area contributed by atoms with Crippen LogP contribution < -0.4 is 16.0 Å². The number of urea groups is 1. The summed E-state index contributed by atoms with van der Waals surface area (Å²) in [4.78, 5) is 25.7. The van der Waals surface area contributed by atoms with Gasteiger partial charge in [0.15, 0.2) is 0 Å². The van der Waals surface area contributed by atoms with Crippen LogP contribution in [-0.2, 0) is 17.8 Å². The summed E-state index contributed by atoms with van der Waals surface area (Å²) in [6.45, 7) is 0.369. The predicted octanol–water partition coefficient (Wildman–Crippen LogP) is 3.87. The lowest BCUT2D eigenvalue weighted by Crippen LogP contribution is -2.55. The third-order valence-electron chi connectivity index (χ3n) is 4.74. The van der Waals surface area contributed by atoms with Gasteiger partial charge in [0.05, 0.1) is 12.5 Å². The summed E-state index contributed by atoms with van der Waals surface area (Å²) in [6.07, 6.45) is 4.24. The van der Waals surface area contributed by atoms with Gasteiger partial charge in [-0.1, -0.05) is 48.7 Å². The van der Waals surface area contributed by atoms with E-state index in [9.17, 15) is 9.59 Å². The summed E-state index contributed by atoms with van der Waals surface area (Å²) in [5.74, 6) is 0.00706. The average Bonchev–Trinajstić information content (AvgIpc) is 3.15. The van der Waals surface area contributed by atoms with Gasteiger partial charge in [-0.3, -0.25) is 4.79 Å². The topological polar surface area (TPSA) is 70.2 Å². The molecule has 0 radical (unpaired) electrons. The molecule has 1 aromatic heterocycles. The van der Waals surface area contributed by atoms with Gasteiger partial charge in [-0.25, -0.2) is 4.79 Å². The van der Waals surface area contributed by atoms with Crippen LogP contribution in [0.2, 0.25) is 5.02 Å². The Bertz CT molecular complexity index is 766. The molecule has 1 aliphatic rings. The van der Waals surface area contributed by atoms with Gasteiger partial charge in [0.2, 0.25) is 5.91 Å². The third kappa shape index (κ3) is 5.97. The fourth-order valence-corrected chi connectivity index (χ4v) is 4.25. The molecule has 1 aliphatic carbocycles. The Kier molecular flexibility index (Phi) is 7.12. The summed E-state index contributed by atoms with van der Waals surface area (Å²) in [5.41, 5.74) is 0.874. The maximum absolute atomic E-state index is 12.3. The summed E-state index contributed by atoms with van der Waals surface area (Å²) in [7, 11) is 0. The molecule has 0 bridgehead atoms. The minimum absolute atomic E-state index is 0.00706. The van der Waals surface area contributed by atoms with Crippen molar-refractivity contribution in [1.29, 1.82) is 0 Å². The van der Waals surface area contributed by atoms with Crippen molar-refractivity contribution in [2.45, 2.75) is 50.7 Å². The Morgan fingerprint density at radius 1 is 1.04 bits per heavy atom. The van der Waals surface area contributed by atoms with Crippen LogP contribution >= 0.6 is 22.9 Å². The molecule has 1 fully saturated rings. The van der Waals surface area contributed by atoms with Gasteiger partial charge in [0.25, 0.3) is 0 Å². The first-order valence-corrected chi connectivity index (χ1v) is 10.5. The van der Waals surface area contributed by atoms with Crippen LogP contribution in [0.1, 0.15) is 36.1 Å². The highest BCUT2D eigenvalue weighted by Gasteiger charge is 2.27. The van der Waals surface area contributed by atoms with Crippen molar-refractivity contribution >= 4 is 34.9 Å². The lowest BCUT2D eigenvalue weighted by molar-refractivity contribution is -0.121. The van der Waals surface area contributed by atoms with Crippen LogP contribution in [0, 0.1) is 0 Å². The Labute approximate surface area is 168 Å². The number of benzene rings is 1. The van der Waals surface area contributed by atoms with Crippen LogP contribution in [0.4, 0.5) is 4.79 Å². The SMILES string of the molecule is O=C(Cc1cccs1)NC1CCCCC1NC(=O)NCc1ccccc1Cl. The first-order valence-electron chi connectivity index (χ1n) is 9.21. The van der Waals surface area contributed by atoms with Gasteiger partial charge in [0.1, 0.15) is 0 Å². The van der Waals surface area contributed by atoms with Crippen LogP contribution in [0.5, 0.6) is 0 Å². The number of hydrogen-bond acceptors (Lipinski definition) is 3. The Morgan fingerprint density at radius 2 is 1.78 bits per heavy atom. The maximum Gasteiger partial charge on any atom is 0.315 e. The zero-order valence-corrected chi connectivity index (χ0v) is 16.6. The quantitative estimate of drug-likeness (QED) is 0.682. The lowest BCUT2D eigenvalue weighted by Gasteiger charge is -2.32. The van der Waals surface area contributed by atoms with Crippen molar-refractivity contribution in [3.63, 3.8) is 0 Å².